The van der Waals surface area contributed by atoms with E-state index in [9.17, 15) is 14.7 Å². The summed E-state index contributed by atoms with van der Waals surface area (Å²) in [7, 11) is 1.43. The third-order valence-corrected chi connectivity index (χ3v) is 1.85. The zero-order chi connectivity index (χ0) is 12.1. The third-order valence-electron chi connectivity index (χ3n) is 1.85. The zero-order valence-corrected chi connectivity index (χ0v) is 8.56. The number of amides is 1. The Hall–Kier alpha value is -2.24. The molecule has 0 radical (unpaired) electrons. The molecule has 1 aromatic rings. The van der Waals surface area contributed by atoms with Gasteiger partial charge in [0.25, 0.3) is 5.91 Å². The van der Waals surface area contributed by atoms with Crippen LogP contribution in [0.25, 0.3) is 0 Å². The highest BCUT2D eigenvalue weighted by molar-refractivity contribution is 5.98. The van der Waals surface area contributed by atoms with Gasteiger partial charge in [-0.1, -0.05) is 0 Å². The lowest BCUT2D eigenvalue weighted by molar-refractivity contribution is -0.135. The van der Waals surface area contributed by atoms with Crippen molar-refractivity contribution >= 4 is 11.9 Å². The lowest BCUT2D eigenvalue weighted by Crippen LogP contribution is -2.29. The molecule has 1 rings (SSSR count). The lowest BCUT2D eigenvalue weighted by Gasteiger charge is -2.06. The second kappa shape index (κ2) is 5.01. The normalized spacial score (nSPS) is 9.56. The summed E-state index contributed by atoms with van der Waals surface area (Å²) >= 11 is 0. The van der Waals surface area contributed by atoms with Gasteiger partial charge < -0.3 is 20.3 Å². The highest BCUT2D eigenvalue weighted by atomic mass is 16.5. The predicted molar refractivity (Wildman–Crippen MR) is 54.6 cm³/mol. The Labute approximate surface area is 91.5 Å². The molecule has 0 heterocycles. The average Bonchev–Trinajstić information content (AvgIpc) is 2.25. The second-order valence-corrected chi connectivity index (χ2v) is 2.96. The largest absolute Gasteiger partial charge is 0.507 e. The Morgan fingerprint density at radius 1 is 1.44 bits per heavy atom. The predicted octanol–water partition coefficient (Wildman–Crippen LogP) is 0.215. The van der Waals surface area contributed by atoms with E-state index in [4.69, 9.17) is 9.84 Å². The summed E-state index contributed by atoms with van der Waals surface area (Å²) in [6.07, 6.45) is 0. The maximum Gasteiger partial charge on any atom is 0.322 e. The number of hydrogen-bond donors (Lipinski definition) is 3. The van der Waals surface area contributed by atoms with E-state index in [1.165, 1.54) is 25.3 Å². The second-order valence-electron chi connectivity index (χ2n) is 2.96. The van der Waals surface area contributed by atoms with Crippen LogP contribution < -0.4 is 10.1 Å². The summed E-state index contributed by atoms with van der Waals surface area (Å²) in [6, 6.07) is 4.12. The number of phenolic OH excluding ortho intramolecular Hbond substituents is 1. The van der Waals surface area contributed by atoms with Gasteiger partial charge in [-0.3, -0.25) is 9.59 Å². The summed E-state index contributed by atoms with van der Waals surface area (Å²) in [5, 5.41) is 20.0. The minimum atomic E-state index is -1.15. The molecule has 16 heavy (non-hydrogen) atoms. The van der Waals surface area contributed by atoms with Gasteiger partial charge in [-0.05, 0) is 12.1 Å². The van der Waals surface area contributed by atoms with Crippen LogP contribution in [-0.4, -0.2) is 35.7 Å². The Morgan fingerprint density at radius 2 is 2.12 bits per heavy atom. The lowest BCUT2D eigenvalue weighted by atomic mass is 10.2. The molecular formula is C10H11NO5. The van der Waals surface area contributed by atoms with E-state index in [2.05, 4.69) is 5.32 Å². The number of carboxylic acids is 1. The van der Waals surface area contributed by atoms with Crippen molar-refractivity contribution < 1.29 is 24.5 Å². The van der Waals surface area contributed by atoms with Crippen LogP contribution in [0.5, 0.6) is 11.5 Å². The van der Waals surface area contributed by atoms with Crippen LogP contribution in [0.1, 0.15) is 10.4 Å². The number of carbonyl (C=O) groups is 2. The number of phenols is 1. The fourth-order valence-corrected chi connectivity index (χ4v) is 1.08. The van der Waals surface area contributed by atoms with E-state index < -0.39 is 18.4 Å². The number of carbonyl (C=O) groups excluding carboxylic acids is 1. The summed E-state index contributed by atoms with van der Waals surface area (Å²) in [5.74, 6) is -1.65. The van der Waals surface area contributed by atoms with Crippen LogP contribution >= 0.6 is 0 Å². The molecule has 0 bridgehead atoms. The van der Waals surface area contributed by atoms with Crippen molar-refractivity contribution in [2.75, 3.05) is 13.7 Å². The van der Waals surface area contributed by atoms with Crippen molar-refractivity contribution in [3.8, 4) is 11.5 Å². The molecule has 0 fully saturated rings. The molecule has 1 aromatic carbocycles. The molecule has 0 unspecified atom stereocenters. The minimum Gasteiger partial charge on any atom is -0.507 e. The molecule has 86 valence electrons. The van der Waals surface area contributed by atoms with E-state index in [1.54, 1.807) is 0 Å². The van der Waals surface area contributed by atoms with Crippen LogP contribution in [0.4, 0.5) is 0 Å². The first-order chi connectivity index (χ1) is 7.54. The number of aliphatic carboxylic acids is 1. The molecule has 0 saturated heterocycles. The van der Waals surface area contributed by atoms with Crippen LogP contribution in [0.3, 0.4) is 0 Å². The van der Waals surface area contributed by atoms with E-state index >= 15 is 0 Å². The molecule has 0 aliphatic rings. The molecule has 0 aliphatic carbocycles. The number of rotatable bonds is 4. The van der Waals surface area contributed by atoms with Gasteiger partial charge in [-0.2, -0.15) is 0 Å². The smallest absolute Gasteiger partial charge is 0.322 e. The van der Waals surface area contributed by atoms with Crippen molar-refractivity contribution in [3.05, 3.63) is 23.8 Å². The van der Waals surface area contributed by atoms with Gasteiger partial charge in [0.15, 0.2) is 0 Å². The summed E-state index contributed by atoms with van der Waals surface area (Å²) in [5.41, 5.74) is 0.00190. The summed E-state index contributed by atoms with van der Waals surface area (Å²) in [6.45, 7) is -0.496. The van der Waals surface area contributed by atoms with E-state index in [0.29, 0.717) is 5.75 Å². The Bertz CT molecular complexity index is 416. The maximum atomic E-state index is 11.4. The molecule has 0 spiro atoms. The number of nitrogens with one attached hydrogen (secondary N) is 1. The third kappa shape index (κ3) is 2.88. The maximum absolute atomic E-state index is 11.4. The minimum absolute atomic E-state index is 0.00190. The highest BCUT2D eigenvalue weighted by Crippen LogP contribution is 2.22. The molecular weight excluding hydrogens is 214 g/mol. The summed E-state index contributed by atoms with van der Waals surface area (Å²) < 4.78 is 4.84. The fraction of sp³-hybridized carbons (Fsp3) is 0.200. The van der Waals surface area contributed by atoms with Crippen molar-refractivity contribution in [2.24, 2.45) is 0 Å². The van der Waals surface area contributed by atoms with Crippen molar-refractivity contribution in [1.82, 2.24) is 5.32 Å². The molecule has 0 atom stereocenters. The van der Waals surface area contributed by atoms with Gasteiger partial charge >= 0.3 is 5.97 Å². The first kappa shape index (κ1) is 11.8. The number of carboxylic acid groups (broad SMARTS) is 1. The van der Waals surface area contributed by atoms with E-state index in [1.807, 2.05) is 0 Å². The van der Waals surface area contributed by atoms with E-state index in [0.717, 1.165) is 0 Å². The molecule has 0 aromatic heterocycles. The van der Waals surface area contributed by atoms with Crippen LogP contribution in [-0.2, 0) is 4.79 Å². The number of ether oxygens (including phenoxy) is 1. The molecule has 6 nitrogen and oxygen atoms in total. The highest BCUT2D eigenvalue weighted by Gasteiger charge is 2.12. The van der Waals surface area contributed by atoms with Crippen LogP contribution in [0, 0.1) is 0 Å². The average molecular weight is 225 g/mol. The molecule has 0 aliphatic heterocycles. The van der Waals surface area contributed by atoms with Gasteiger partial charge in [0.2, 0.25) is 0 Å². The van der Waals surface area contributed by atoms with Crippen molar-refractivity contribution in [2.45, 2.75) is 0 Å². The van der Waals surface area contributed by atoms with Gasteiger partial charge in [-0.25, -0.2) is 0 Å². The van der Waals surface area contributed by atoms with Crippen LogP contribution in [0.15, 0.2) is 18.2 Å². The van der Waals surface area contributed by atoms with Gasteiger partial charge in [0.05, 0.1) is 12.7 Å². The van der Waals surface area contributed by atoms with Crippen molar-refractivity contribution in [3.63, 3.8) is 0 Å². The van der Waals surface area contributed by atoms with Crippen LogP contribution in [0.2, 0.25) is 0 Å². The molecule has 0 saturated carbocycles. The number of benzene rings is 1. The Kier molecular flexibility index (Phi) is 3.71. The van der Waals surface area contributed by atoms with Crippen molar-refractivity contribution in [1.29, 1.82) is 0 Å². The fourth-order valence-electron chi connectivity index (χ4n) is 1.08. The zero-order valence-electron chi connectivity index (χ0n) is 8.56. The monoisotopic (exact) mass is 225 g/mol. The summed E-state index contributed by atoms with van der Waals surface area (Å²) in [4.78, 5) is 21.6. The molecule has 6 heteroatoms. The van der Waals surface area contributed by atoms with E-state index in [-0.39, 0.29) is 11.3 Å². The topological polar surface area (TPSA) is 95.9 Å². The molecule has 3 N–H and O–H groups in total. The number of methoxy groups -OCH3 is 1. The quantitative estimate of drug-likeness (QED) is 0.681. The van der Waals surface area contributed by atoms with Gasteiger partial charge in [0, 0.05) is 6.07 Å². The number of hydrogen-bond acceptors (Lipinski definition) is 4. The van der Waals surface area contributed by atoms with Gasteiger partial charge in [-0.15, -0.1) is 0 Å². The first-order valence-electron chi connectivity index (χ1n) is 4.41. The van der Waals surface area contributed by atoms with Gasteiger partial charge in [0.1, 0.15) is 18.0 Å². The Balaban J connectivity index is 2.79. The number of aromatic hydroxyl groups is 1. The first-order valence-corrected chi connectivity index (χ1v) is 4.41. The molecule has 1 amide bonds. The standard InChI is InChI=1S/C10H11NO5/c1-16-6-2-3-7(8(12)4-6)10(15)11-5-9(13)14/h2-4,12H,5H2,1H3,(H,11,15)(H,13,14). The Morgan fingerprint density at radius 3 is 2.62 bits per heavy atom. The SMILES string of the molecule is COc1ccc(C(=O)NCC(=O)O)c(O)c1.